The molecule has 1 saturated carbocycles. The summed E-state index contributed by atoms with van der Waals surface area (Å²) in [5, 5.41) is 12.4. The van der Waals surface area contributed by atoms with Gasteiger partial charge in [0.25, 0.3) is 0 Å². The van der Waals surface area contributed by atoms with E-state index in [9.17, 15) is 14.7 Å². The number of methoxy groups -OCH3 is 3. The molecular formula is C49H40BrClN2O8. The third-order valence-electron chi connectivity index (χ3n) is 12.8. The Balaban J connectivity index is 1.14. The van der Waals surface area contributed by atoms with E-state index in [4.69, 9.17) is 25.8 Å². The molecule has 1 N–H and O–H groups in total. The number of imide groups is 2. The Labute approximate surface area is 366 Å². The summed E-state index contributed by atoms with van der Waals surface area (Å²) < 4.78 is 17.1. The van der Waals surface area contributed by atoms with Crippen molar-refractivity contribution >= 4 is 74.7 Å². The van der Waals surface area contributed by atoms with E-state index in [-0.39, 0.29) is 36.2 Å². The fourth-order valence-corrected chi connectivity index (χ4v) is 10.8. The Bertz CT molecular complexity index is 2680. The molecule has 12 heteroatoms. The highest BCUT2D eigenvalue weighted by molar-refractivity contribution is 9.10. The summed E-state index contributed by atoms with van der Waals surface area (Å²) >= 11 is 10.0. The van der Waals surface area contributed by atoms with Crippen LogP contribution in [0.15, 0.2) is 125 Å². The van der Waals surface area contributed by atoms with Crippen LogP contribution in [0.2, 0.25) is 5.02 Å². The molecule has 0 radical (unpaired) electrons. The molecule has 3 fully saturated rings. The van der Waals surface area contributed by atoms with Crippen LogP contribution < -0.4 is 24.0 Å². The van der Waals surface area contributed by atoms with E-state index in [1.807, 2.05) is 78.9 Å². The molecule has 2 aliphatic carbocycles. The van der Waals surface area contributed by atoms with E-state index < -0.39 is 46.8 Å². The van der Waals surface area contributed by atoms with Crippen molar-refractivity contribution in [3.8, 4) is 23.0 Å². The molecular weight excluding hydrogens is 860 g/mol. The van der Waals surface area contributed by atoms with Crippen LogP contribution in [0.4, 0.5) is 11.4 Å². The first kappa shape index (κ1) is 40.2. The first-order chi connectivity index (χ1) is 29.5. The maximum absolute atomic E-state index is 15.6. The van der Waals surface area contributed by atoms with Crippen molar-refractivity contribution in [3.63, 3.8) is 0 Å². The molecule has 10 nitrogen and oxygen atoms in total. The van der Waals surface area contributed by atoms with Gasteiger partial charge in [0.05, 0.1) is 55.9 Å². The van der Waals surface area contributed by atoms with Gasteiger partial charge in [0.15, 0.2) is 11.5 Å². The number of anilines is 2. The van der Waals surface area contributed by atoms with E-state index >= 15 is 9.59 Å². The zero-order chi connectivity index (χ0) is 42.7. The topological polar surface area (TPSA) is 123 Å². The molecule has 61 heavy (non-hydrogen) atoms. The number of amides is 4. The molecule has 2 heterocycles. The zero-order valence-corrected chi connectivity index (χ0v) is 35.7. The van der Waals surface area contributed by atoms with E-state index in [1.54, 1.807) is 62.8 Å². The summed E-state index contributed by atoms with van der Waals surface area (Å²) in [5.41, 5.74) is 2.48. The fourth-order valence-electron chi connectivity index (χ4n) is 10.2. The van der Waals surface area contributed by atoms with Crippen molar-refractivity contribution in [2.45, 2.75) is 24.2 Å². The number of allylic oxidation sites excluding steroid dienone is 2. The second-order valence-corrected chi connectivity index (χ2v) is 17.0. The number of benzene rings is 5. The van der Waals surface area contributed by atoms with Crippen LogP contribution in [0.25, 0.3) is 12.2 Å². The molecule has 0 bridgehead atoms. The van der Waals surface area contributed by atoms with Crippen molar-refractivity contribution in [1.29, 1.82) is 0 Å². The highest BCUT2D eigenvalue weighted by Gasteiger charge is 2.70. The van der Waals surface area contributed by atoms with E-state index in [0.717, 1.165) is 11.1 Å². The van der Waals surface area contributed by atoms with Crippen LogP contribution in [0, 0.1) is 23.7 Å². The smallest absolute Gasteiger partial charge is 0.246 e. The summed E-state index contributed by atoms with van der Waals surface area (Å²) in [5.74, 6) is -4.39. The number of halogens is 2. The number of ether oxygens (including phenoxy) is 3. The van der Waals surface area contributed by atoms with Crippen molar-refractivity contribution < 1.29 is 38.5 Å². The lowest BCUT2D eigenvalue weighted by Crippen LogP contribution is -2.53. The van der Waals surface area contributed by atoms with Gasteiger partial charge in [0, 0.05) is 26.5 Å². The fraction of sp³-hybridized carbons (Fsp3) is 0.224. The maximum atomic E-state index is 15.6. The predicted octanol–water partition coefficient (Wildman–Crippen LogP) is 9.37. The van der Waals surface area contributed by atoms with Crippen LogP contribution in [0.3, 0.4) is 0 Å². The Morgan fingerprint density at radius 2 is 1.49 bits per heavy atom. The Morgan fingerprint density at radius 1 is 0.738 bits per heavy atom. The molecule has 5 aromatic rings. The Hall–Kier alpha value is -6.17. The molecule has 6 atom stereocenters. The minimum Gasteiger partial charge on any atom is -0.504 e. The number of carbonyl (C=O) groups excluding carboxylic acids is 4. The summed E-state index contributed by atoms with van der Waals surface area (Å²) in [4.78, 5) is 62.4. The molecule has 6 unspecified atom stereocenters. The molecule has 5 aromatic carbocycles. The lowest BCUT2D eigenvalue weighted by molar-refractivity contribution is -0.127. The summed E-state index contributed by atoms with van der Waals surface area (Å²) in [6.07, 6.45) is 6.10. The van der Waals surface area contributed by atoms with E-state index in [1.165, 1.54) is 16.9 Å². The van der Waals surface area contributed by atoms with Gasteiger partial charge in [-0.25, -0.2) is 4.90 Å². The number of aromatic hydroxyl groups is 1. The maximum Gasteiger partial charge on any atom is 0.246 e. The lowest BCUT2D eigenvalue weighted by atomic mass is 9.49. The normalized spacial score (nSPS) is 24.4. The predicted molar refractivity (Wildman–Crippen MR) is 236 cm³/mol. The van der Waals surface area contributed by atoms with Gasteiger partial charge in [-0.1, -0.05) is 99.9 Å². The molecule has 308 valence electrons. The molecule has 4 amide bonds. The van der Waals surface area contributed by atoms with Crippen molar-refractivity contribution in [2.24, 2.45) is 23.7 Å². The SMILES string of the molecule is COc1ccc(OC)c(C=Cc2ccc(N3C(=O)C4CC=C5C(CC6C(=O)N(c7cccc(Cl)c7)C(=O)C6(c6ccccc6)C5c5cc(Br)cc(OC)c5O)C4C3=O)cc2)c1. The Kier molecular flexibility index (Phi) is 10.4. The molecule has 2 saturated heterocycles. The number of fused-ring (bicyclic) bond motifs is 4. The van der Waals surface area contributed by atoms with Crippen LogP contribution in [0.5, 0.6) is 23.0 Å². The monoisotopic (exact) mass is 898 g/mol. The zero-order valence-electron chi connectivity index (χ0n) is 33.4. The largest absolute Gasteiger partial charge is 0.504 e. The average Bonchev–Trinajstić information content (AvgIpc) is 3.67. The summed E-state index contributed by atoms with van der Waals surface area (Å²) in [6.45, 7) is 0. The van der Waals surface area contributed by atoms with Gasteiger partial charge in [-0.15, -0.1) is 0 Å². The van der Waals surface area contributed by atoms with Gasteiger partial charge >= 0.3 is 0 Å². The van der Waals surface area contributed by atoms with Gasteiger partial charge in [-0.05, 0) is 90.6 Å². The number of hydrogen-bond acceptors (Lipinski definition) is 8. The van der Waals surface area contributed by atoms with Crippen LogP contribution in [-0.4, -0.2) is 50.1 Å². The van der Waals surface area contributed by atoms with Gasteiger partial charge in [0.1, 0.15) is 11.5 Å². The summed E-state index contributed by atoms with van der Waals surface area (Å²) in [6, 6.07) is 31.8. The van der Waals surface area contributed by atoms with Gasteiger partial charge in [-0.3, -0.25) is 24.1 Å². The van der Waals surface area contributed by atoms with Gasteiger partial charge < -0.3 is 19.3 Å². The van der Waals surface area contributed by atoms with Gasteiger partial charge in [0.2, 0.25) is 23.6 Å². The van der Waals surface area contributed by atoms with Crippen LogP contribution >= 0.6 is 27.5 Å². The third-order valence-corrected chi connectivity index (χ3v) is 13.5. The summed E-state index contributed by atoms with van der Waals surface area (Å²) in [7, 11) is 4.64. The van der Waals surface area contributed by atoms with Crippen LogP contribution in [0.1, 0.15) is 41.0 Å². The quantitative estimate of drug-likeness (QED) is 0.0883. The number of rotatable bonds is 9. The molecule has 9 rings (SSSR count). The highest BCUT2D eigenvalue weighted by Crippen LogP contribution is 2.66. The first-order valence-electron chi connectivity index (χ1n) is 19.9. The van der Waals surface area contributed by atoms with E-state index in [2.05, 4.69) is 15.9 Å². The minimum atomic E-state index is -1.57. The molecule has 0 spiro atoms. The highest BCUT2D eigenvalue weighted by atomic mass is 79.9. The third kappa shape index (κ3) is 6.36. The van der Waals surface area contributed by atoms with Crippen LogP contribution in [-0.2, 0) is 24.6 Å². The number of phenolic OH excluding ortho intramolecular Hbond substituents is 1. The standard InChI is InChI=1S/C49H40BrClN2O8/c1-59-34-18-21-40(60-2)28(22-34)15-12-27-13-16-32(17-14-27)52-45(55)36-20-19-35-37(42(36)47(52)57)26-39-46(56)53(33-11-7-10-31(51)25-33)48(58)49(39,29-8-5-4-6-9-29)43(35)38-23-30(50)24-41(61-3)44(38)54/h4-19,21-25,36-37,39,42-43,54H,20,26H2,1-3H3. The second kappa shape index (κ2) is 15.7. The average molecular weight is 900 g/mol. The number of phenols is 1. The van der Waals surface area contributed by atoms with Crippen molar-refractivity contribution in [2.75, 3.05) is 31.1 Å². The minimum absolute atomic E-state index is 0.107. The van der Waals surface area contributed by atoms with Crippen molar-refractivity contribution in [1.82, 2.24) is 0 Å². The lowest BCUT2D eigenvalue weighted by Gasteiger charge is -2.50. The number of nitrogens with zero attached hydrogens (tertiary/aromatic N) is 2. The first-order valence-corrected chi connectivity index (χ1v) is 21.0. The second-order valence-electron chi connectivity index (χ2n) is 15.7. The molecule has 0 aromatic heterocycles. The van der Waals surface area contributed by atoms with Crippen molar-refractivity contribution in [3.05, 3.63) is 153 Å². The van der Waals surface area contributed by atoms with E-state index in [0.29, 0.717) is 49.1 Å². The number of carbonyl (C=O) groups is 4. The Morgan fingerprint density at radius 3 is 2.20 bits per heavy atom. The van der Waals surface area contributed by atoms with Gasteiger partial charge in [-0.2, -0.15) is 0 Å². The molecule has 2 aliphatic heterocycles. The number of hydrogen-bond donors (Lipinski definition) is 1. The molecule has 4 aliphatic rings.